The highest BCUT2D eigenvalue weighted by molar-refractivity contribution is 8.14. The average Bonchev–Trinajstić information content (AvgIpc) is 2.70. The van der Waals surface area contributed by atoms with Crippen molar-refractivity contribution in [3.05, 3.63) is 0 Å². The topological polar surface area (TPSA) is 33.6 Å². The molecule has 3 atom stereocenters. The van der Waals surface area contributed by atoms with Gasteiger partial charge in [-0.25, -0.2) is 0 Å². The summed E-state index contributed by atoms with van der Waals surface area (Å²) < 4.78 is 5.15. The molecular weight excluding hydrogens is 244 g/mol. The molecule has 0 aromatic heterocycles. The van der Waals surface area contributed by atoms with Crippen molar-refractivity contribution in [2.75, 3.05) is 26.0 Å². The van der Waals surface area contributed by atoms with Crippen molar-refractivity contribution in [1.29, 1.82) is 0 Å². The van der Waals surface area contributed by atoms with Gasteiger partial charge in [-0.1, -0.05) is 38.5 Å². The van der Waals surface area contributed by atoms with Gasteiger partial charge in [0, 0.05) is 24.9 Å². The van der Waals surface area contributed by atoms with Crippen LogP contribution in [0.2, 0.25) is 0 Å². The normalized spacial score (nSPS) is 35.9. The van der Waals surface area contributed by atoms with Gasteiger partial charge in [-0.3, -0.25) is 4.99 Å². The smallest absolute Gasteiger partial charge is 0.157 e. The van der Waals surface area contributed by atoms with Crippen molar-refractivity contribution >= 4 is 16.9 Å². The summed E-state index contributed by atoms with van der Waals surface area (Å²) in [5.74, 6) is 2.57. The second-order valence-electron chi connectivity index (χ2n) is 6.10. The third-order valence-corrected chi connectivity index (χ3v) is 5.15. The maximum Gasteiger partial charge on any atom is 0.157 e. The van der Waals surface area contributed by atoms with Crippen LogP contribution < -0.4 is 5.32 Å². The summed E-state index contributed by atoms with van der Waals surface area (Å²) in [7, 11) is 1.75. The van der Waals surface area contributed by atoms with Crippen LogP contribution in [-0.4, -0.2) is 36.7 Å². The minimum atomic E-state index is 0.353. The van der Waals surface area contributed by atoms with Gasteiger partial charge in [0.2, 0.25) is 0 Å². The lowest BCUT2D eigenvalue weighted by atomic mass is 9.78. The molecule has 18 heavy (non-hydrogen) atoms. The van der Waals surface area contributed by atoms with E-state index in [0.29, 0.717) is 11.5 Å². The Morgan fingerprint density at radius 3 is 3.17 bits per heavy atom. The molecule has 3 unspecified atom stereocenters. The molecule has 3 nitrogen and oxygen atoms in total. The molecule has 1 spiro atoms. The molecule has 1 heterocycles. The molecule has 1 N–H and O–H groups in total. The molecule has 0 amide bonds. The van der Waals surface area contributed by atoms with Gasteiger partial charge < -0.3 is 10.1 Å². The predicted molar refractivity (Wildman–Crippen MR) is 79.3 cm³/mol. The highest BCUT2D eigenvalue weighted by atomic mass is 32.2. The van der Waals surface area contributed by atoms with Gasteiger partial charge in [0.05, 0.1) is 6.61 Å². The standard InChI is InChI=1S/C14H26N2OS/c1-11-5-4-6-14(7-11)10-18-13(16-14)15-8-12(2)9-17-3/h11-12H,4-10H2,1-3H3,(H,15,16). The van der Waals surface area contributed by atoms with E-state index in [2.05, 4.69) is 19.2 Å². The third-order valence-electron chi connectivity index (χ3n) is 3.95. The first-order valence-corrected chi connectivity index (χ1v) is 8.06. The molecule has 1 aliphatic carbocycles. The summed E-state index contributed by atoms with van der Waals surface area (Å²) in [6, 6.07) is 0. The van der Waals surface area contributed by atoms with Crippen molar-refractivity contribution in [3.8, 4) is 0 Å². The summed E-state index contributed by atoms with van der Waals surface area (Å²) in [5.41, 5.74) is 0.353. The van der Waals surface area contributed by atoms with Crippen molar-refractivity contribution in [3.63, 3.8) is 0 Å². The van der Waals surface area contributed by atoms with E-state index in [0.717, 1.165) is 24.2 Å². The molecule has 2 aliphatic rings. The Morgan fingerprint density at radius 1 is 1.61 bits per heavy atom. The average molecular weight is 270 g/mol. The van der Waals surface area contributed by atoms with Crippen LogP contribution in [-0.2, 0) is 4.74 Å². The fourth-order valence-corrected chi connectivity index (χ4v) is 4.27. The van der Waals surface area contributed by atoms with E-state index >= 15 is 0 Å². The summed E-state index contributed by atoms with van der Waals surface area (Å²) in [6.45, 7) is 6.23. The molecule has 0 radical (unpaired) electrons. The first kappa shape index (κ1) is 14.2. The van der Waals surface area contributed by atoms with E-state index in [1.165, 1.54) is 31.4 Å². The van der Waals surface area contributed by atoms with Crippen LogP contribution in [0.3, 0.4) is 0 Å². The number of hydrogen-bond donors (Lipinski definition) is 1. The van der Waals surface area contributed by atoms with Gasteiger partial charge in [-0.05, 0) is 24.7 Å². The minimum absolute atomic E-state index is 0.353. The number of thioether (sulfide) groups is 1. The third kappa shape index (κ3) is 3.64. The van der Waals surface area contributed by atoms with Crippen LogP contribution >= 0.6 is 11.8 Å². The zero-order valence-electron chi connectivity index (χ0n) is 11.9. The van der Waals surface area contributed by atoms with Crippen molar-refractivity contribution in [2.24, 2.45) is 16.8 Å². The summed E-state index contributed by atoms with van der Waals surface area (Å²) >= 11 is 1.91. The molecule has 0 bridgehead atoms. The SMILES string of the molecule is COCC(C)CN=C1NC2(CCCC(C)C2)CS1. The zero-order valence-corrected chi connectivity index (χ0v) is 12.7. The van der Waals surface area contributed by atoms with Gasteiger partial charge in [-0.15, -0.1) is 0 Å². The van der Waals surface area contributed by atoms with E-state index in [9.17, 15) is 0 Å². The van der Waals surface area contributed by atoms with Gasteiger partial charge in [-0.2, -0.15) is 0 Å². The van der Waals surface area contributed by atoms with Gasteiger partial charge in [0.15, 0.2) is 5.17 Å². The Balaban J connectivity index is 1.85. The summed E-state index contributed by atoms with van der Waals surface area (Å²) in [4.78, 5) is 4.70. The minimum Gasteiger partial charge on any atom is -0.384 e. The monoisotopic (exact) mass is 270 g/mol. The quantitative estimate of drug-likeness (QED) is 0.853. The van der Waals surface area contributed by atoms with Crippen LogP contribution in [0.4, 0.5) is 0 Å². The highest BCUT2D eigenvalue weighted by Crippen LogP contribution is 2.38. The van der Waals surface area contributed by atoms with Crippen LogP contribution in [0.15, 0.2) is 4.99 Å². The Bertz CT molecular complexity index is 308. The highest BCUT2D eigenvalue weighted by Gasteiger charge is 2.40. The van der Waals surface area contributed by atoms with Crippen molar-refractivity contribution in [2.45, 2.75) is 45.1 Å². The van der Waals surface area contributed by atoms with E-state index in [1.54, 1.807) is 7.11 Å². The first-order valence-electron chi connectivity index (χ1n) is 7.08. The maximum absolute atomic E-state index is 5.15. The number of methoxy groups -OCH3 is 1. The lowest BCUT2D eigenvalue weighted by Gasteiger charge is -2.36. The van der Waals surface area contributed by atoms with Crippen molar-refractivity contribution < 1.29 is 4.74 Å². The molecule has 104 valence electrons. The largest absolute Gasteiger partial charge is 0.384 e. The lowest BCUT2D eigenvalue weighted by Crippen LogP contribution is -2.47. The Morgan fingerprint density at radius 2 is 2.44 bits per heavy atom. The van der Waals surface area contributed by atoms with E-state index in [4.69, 9.17) is 9.73 Å². The second-order valence-corrected chi connectivity index (χ2v) is 7.07. The second kappa shape index (κ2) is 6.29. The number of rotatable bonds is 4. The van der Waals surface area contributed by atoms with Gasteiger partial charge in [0.1, 0.15) is 0 Å². The summed E-state index contributed by atoms with van der Waals surface area (Å²) in [6.07, 6.45) is 5.39. The van der Waals surface area contributed by atoms with E-state index < -0.39 is 0 Å². The van der Waals surface area contributed by atoms with Crippen molar-refractivity contribution in [1.82, 2.24) is 5.32 Å². The first-order chi connectivity index (χ1) is 8.63. The fourth-order valence-electron chi connectivity index (χ4n) is 3.07. The van der Waals surface area contributed by atoms with E-state index in [1.807, 2.05) is 11.8 Å². The number of aliphatic imine (C=N–C) groups is 1. The zero-order chi connectivity index (χ0) is 13.0. The van der Waals surface area contributed by atoms with E-state index in [-0.39, 0.29) is 0 Å². The van der Waals surface area contributed by atoms with Crippen LogP contribution in [0.25, 0.3) is 0 Å². The number of amidine groups is 1. The molecule has 1 saturated heterocycles. The number of ether oxygens (including phenoxy) is 1. The lowest BCUT2D eigenvalue weighted by molar-refractivity contribution is 0.163. The number of hydrogen-bond acceptors (Lipinski definition) is 3. The Labute approximate surface area is 115 Å². The molecule has 1 aliphatic heterocycles. The predicted octanol–water partition coefficient (Wildman–Crippen LogP) is 2.91. The molecule has 2 fully saturated rings. The Kier molecular flexibility index (Phi) is 4.96. The van der Waals surface area contributed by atoms with Gasteiger partial charge in [0.25, 0.3) is 0 Å². The molecule has 4 heteroatoms. The number of nitrogens with one attached hydrogen (secondary N) is 1. The van der Waals surface area contributed by atoms with Crippen LogP contribution in [0, 0.1) is 11.8 Å². The molecule has 0 aromatic rings. The molecular formula is C14H26N2OS. The maximum atomic E-state index is 5.15. The van der Waals surface area contributed by atoms with Crippen LogP contribution in [0.1, 0.15) is 39.5 Å². The fraction of sp³-hybridized carbons (Fsp3) is 0.929. The van der Waals surface area contributed by atoms with Gasteiger partial charge >= 0.3 is 0 Å². The number of nitrogens with zero attached hydrogens (tertiary/aromatic N) is 1. The molecule has 2 rings (SSSR count). The summed E-state index contributed by atoms with van der Waals surface area (Å²) in [5, 5.41) is 4.87. The van der Waals surface area contributed by atoms with Crippen LogP contribution in [0.5, 0.6) is 0 Å². The molecule has 1 saturated carbocycles. The Hall–Kier alpha value is -0.220. The molecule has 0 aromatic carbocycles.